The minimum atomic E-state index is -3.36. The van der Waals surface area contributed by atoms with Gasteiger partial charge in [-0.05, 0) is 30.5 Å². The van der Waals surface area contributed by atoms with Crippen LogP contribution in [0.1, 0.15) is 18.4 Å². The molecule has 0 aliphatic carbocycles. The van der Waals surface area contributed by atoms with Gasteiger partial charge >= 0.3 is 0 Å². The fourth-order valence-corrected chi connectivity index (χ4v) is 4.50. The van der Waals surface area contributed by atoms with Crippen LogP contribution in [-0.2, 0) is 20.6 Å². The van der Waals surface area contributed by atoms with Gasteiger partial charge in [-0.15, -0.1) is 0 Å². The van der Waals surface area contributed by atoms with Gasteiger partial charge in [-0.25, -0.2) is 17.7 Å². The van der Waals surface area contributed by atoms with Gasteiger partial charge in [0.2, 0.25) is 15.9 Å². The lowest BCUT2D eigenvalue weighted by Crippen LogP contribution is -2.41. The number of aromatic nitrogens is 1. The molecule has 25 heavy (non-hydrogen) atoms. The Balaban J connectivity index is 1.55. The van der Waals surface area contributed by atoms with Gasteiger partial charge < -0.3 is 5.32 Å². The van der Waals surface area contributed by atoms with Gasteiger partial charge in [-0.1, -0.05) is 36.4 Å². The van der Waals surface area contributed by atoms with E-state index in [1.165, 1.54) is 4.31 Å². The summed E-state index contributed by atoms with van der Waals surface area (Å²) in [7, 11) is -3.36. The highest BCUT2D eigenvalue weighted by atomic mass is 32.2. The number of nitrogens with one attached hydrogen (secondary N) is 1. The maximum absolute atomic E-state index is 12.5. The molecule has 0 spiro atoms. The molecule has 1 aromatic carbocycles. The van der Waals surface area contributed by atoms with E-state index in [1.54, 1.807) is 24.4 Å². The number of amides is 1. The summed E-state index contributed by atoms with van der Waals surface area (Å²) < 4.78 is 26.6. The van der Waals surface area contributed by atoms with E-state index in [4.69, 9.17) is 0 Å². The predicted octanol–water partition coefficient (Wildman–Crippen LogP) is 2.26. The van der Waals surface area contributed by atoms with Crippen molar-refractivity contribution in [2.24, 2.45) is 5.92 Å². The van der Waals surface area contributed by atoms with Crippen molar-refractivity contribution >= 4 is 21.7 Å². The molecule has 0 saturated carbocycles. The largest absolute Gasteiger partial charge is 0.310 e. The third-order valence-corrected chi connectivity index (χ3v) is 6.18. The van der Waals surface area contributed by atoms with E-state index in [-0.39, 0.29) is 17.6 Å². The van der Waals surface area contributed by atoms with Crippen LogP contribution in [0.3, 0.4) is 0 Å². The number of carbonyl (C=O) groups excluding carboxylic acids is 1. The first-order chi connectivity index (χ1) is 12.0. The molecule has 1 N–H and O–H groups in total. The number of hydrogen-bond acceptors (Lipinski definition) is 4. The highest BCUT2D eigenvalue weighted by Gasteiger charge is 2.31. The SMILES string of the molecule is O=C(Nc1ccccn1)C1CCN(S(=O)(=O)Cc2ccccc2)CC1. The monoisotopic (exact) mass is 359 g/mol. The van der Waals surface area contributed by atoms with E-state index in [0.29, 0.717) is 31.7 Å². The van der Waals surface area contributed by atoms with Crippen LogP contribution in [0, 0.1) is 5.92 Å². The molecule has 1 aliphatic rings. The smallest absolute Gasteiger partial charge is 0.228 e. The normalized spacial score (nSPS) is 16.5. The van der Waals surface area contributed by atoms with Gasteiger partial charge in [0.25, 0.3) is 0 Å². The van der Waals surface area contributed by atoms with E-state index in [0.717, 1.165) is 5.56 Å². The molecule has 2 heterocycles. The second-order valence-corrected chi connectivity index (χ2v) is 8.09. The number of sulfonamides is 1. The number of anilines is 1. The van der Waals surface area contributed by atoms with Crippen LogP contribution in [0.5, 0.6) is 0 Å². The van der Waals surface area contributed by atoms with Gasteiger partial charge in [-0.3, -0.25) is 4.79 Å². The van der Waals surface area contributed by atoms with Crippen molar-refractivity contribution in [1.29, 1.82) is 0 Å². The van der Waals surface area contributed by atoms with Crippen LogP contribution in [-0.4, -0.2) is 36.7 Å². The van der Waals surface area contributed by atoms with Crippen LogP contribution in [0.25, 0.3) is 0 Å². The zero-order valence-electron chi connectivity index (χ0n) is 13.8. The summed E-state index contributed by atoms with van der Waals surface area (Å²) in [6.45, 7) is 0.741. The Morgan fingerprint density at radius 3 is 2.40 bits per heavy atom. The minimum absolute atomic E-state index is 0.00135. The van der Waals surface area contributed by atoms with Crippen molar-refractivity contribution in [1.82, 2.24) is 9.29 Å². The van der Waals surface area contributed by atoms with E-state index in [1.807, 2.05) is 30.3 Å². The molecular formula is C18H21N3O3S. The summed E-state index contributed by atoms with van der Waals surface area (Å²) >= 11 is 0. The summed E-state index contributed by atoms with van der Waals surface area (Å²) in [5, 5.41) is 2.79. The fraction of sp³-hybridized carbons (Fsp3) is 0.333. The number of nitrogens with zero attached hydrogens (tertiary/aromatic N) is 2. The number of benzene rings is 1. The summed E-state index contributed by atoms with van der Waals surface area (Å²) in [5.74, 6) is 0.231. The Kier molecular flexibility index (Phi) is 5.45. The molecule has 1 saturated heterocycles. The number of carbonyl (C=O) groups is 1. The van der Waals surface area contributed by atoms with Gasteiger partial charge in [0.05, 0.1) is 5.75 Å². The van der Waals surface area contributed by atoms with Crippen LogP contribution in [0.4, 0.5) is 5.82 Å². The second-order valence-electron chi connectivity index (χ2n) is 6.12. The van der Waals surface area contributed by atoms with Crippen molar-refractivity contribution in [2.45, 2.75) is 18.6 Å². The quantitative estimate of drug-likeness (QED) is 0.888. The Hall–Kier alpha value is -2.25. The third-order valence-electron chi connectivity index (χ3n) is 4.33. The van der Waals surface area contributed by atoms with Gasteiger partial charge in [0.1, 0.15) is 5.82 Å². The van der Waals surface area contributed by atoms with Crippen LogP contribution >= 0.6 is 0 Å². The molecule has 1 aromatic heterocycles. The molecular weight excluding hydrogens is 338 g/mol. The fourth-order valence-electron chi connectivity index (χ4n) is 2.94. The lowest BCUT2D eigenvalue weighted by molar-refractivity contribution is -0.120. The number of piperidine rings is 1. The predicted molar refractivity (Wildman–Crippen MR) is 96.2 cm³/mol. The average Bonchev–Trinajstić information content (AvgIpc) is 2.63. The first-order valence-corrected chi connectivity index (χ1v) is 9.89. The highest BCUT2D eigenvalue weighted by molar-refractivity contribution is 7.88. The number of rotatable bonds is 5. The van der Waals surface area contributed by atoms with E-state index in [2.05, 4.69) is 10.3 Å². The summed E-state index contributed by atoms with van der Waals surface area (Å²) in [6.07, 6.45) is 2.66. The maximum Gasteiger partial charge on any atom is 0.228 e. The minimum Gasteiger partial charge on any atom is -0.310 e. The Labute approximate surface area is 147 Å². The average molecular weight is 359 g/mol. The molecule has 6 nitrogen and oxygen atoms in total. The molecule has 7 heteroatoms. The van der Waals surface area contributed by atoms with Gasteiger partial charge in [0.15, 0.2) is 0 Å². The summed E-state index contributed by atoms with van der Waals surface area (Å²) in [5.41, 5.74) is 0.775. The maximum atomic E-state index is 12.5. The molecule has 0 radical (unpaired) electrons. The lowest BCUT2D eigenvalue weighted by atomic mass is 9.97. The van der Waals surface area contributed by atoms with Crippen molar-refractivity contribution in [3.63, 3.8) is 0 Å². The first kappa shape index (κ1) is 17.6. The first-order valence-electron chi connectivity index (χ1n) is 8.28. The lowest BCUT2D eigenvalue weighted by Gasteiger charge is -2.30. The van der Waals surface area contributed by atoms with Crippen LogP contribution < -0.4 is 5.32 Å². The molecule has 1 aliphatic heterocycles. The second kappa shape index (κ2) is 7.76. The molecule has 0 unspecified atom stereocenters. The molecule has 3 rings (SSSR count). The Morgan fingerprint density at radius 2 is 1.76 bits per heavy atom. The van der Waals surface area contributed by atoms with Crippen molar-refractivity contribution < 1.29 is 13.2 Å². The van der Waals surface area contributed by atoms with Gasteiger partial charge in [0, 0.05) is 25.2 Å². The van der Waals surface area contributed by atoms with Crippen molar-refractivity contribution in [3.8, 4) is 0 Å². The Morgan fingerprint density at radius 1 is 1.08 bits per heavy atom. The van der Waals surface area contributed by atoms with E-state index < -0.39 is 10.0 Å². The molecule has 1 fully saturated rings. The van der Waals surface area contributed by atoms with Crippen LogP contribution in [0.15, 0.2) is 54.7 Å². The number of hydrogen-bond donors (Lipinski definition) is 1. The third kappa shape index (κ3) is 4.64. The molecule has 1 amide bonds. The summed E-state index contributed by atoms with van der Waals surface area (Å²) in [6, 6.07) is 14.5. The topological polar surface area (TPSA) is 79.4 Å². The van der Waals surface area contributed by atoms with Crippen molar-refractivity contribution in [3.05, 3.63) is 60.3 Å². The Bertz CT molecular complexity index is 802. The van der Waals surface area contributed by atoms with Gasteiger partial charge in [-0.2, -0.15) is 0 Å². The highest BCUT2D eigenvalue weighted by Crippen LogP contribution is 2.22. The molecule has 0 bridgehead atoms. The summed E-state index contributed by atoms with van der Waals surface area (Å²) in [4.78, 5) is 16.4. The van der Waals surface area contributed by atoms with E-state index in [9.17, 15) is 13.2 Å². The van der Waals surface area contributed by atoms with Crippen molar-refractivity contribution in [2.75, 3.05) is 18.4 Å². The molecule has 0 atom stereocenters. The zero-order chi connectivity index (χ0) is 17.7. The zero-order valence-corrected chi connectivity index (χ0v) is 14.7. The van der Waals surface area contributed by atoms with E-state index >= 15 is 0 Å². The standard InChI is InChI=1S/C18H21N3O3S/c22-18(20-17-8-4-5-11-19-17)16-9-12-21(13-10-16)25(23,24)14-15-6-2-1-3-7-15/h1-8,11,16H,9-10,12-14H2,(H,19,20,22). The van der Waals surface area contributed by atoms with Crippen LogP contribution in [0.2, 0.25) is 0 Å². The number of pyridine rings is 1. The molecule has 132 valence electrons. The molecule has 2 aromatic rings.